The van der Waals surface area contributed by atoms with E-state index in [9.17, 15) is 13.2 Å². The molecule has 1 saturated carbocycles. The maximum atomic E-state index is 12.7. The maximum Gasteiger partial charge on any atom is 0.416 e. The Balaban J connectivity index is 2.29. The lowest BCUT2D eigenvalue weighted by Crippen LogP contribution is -2.35. The molecule has 1 aliphatic rings. The lowest BCUT2D eigenvalue weighted by molar-refractivity contribution is -0.137. The van der Waals surface area contributed by atoms with E-state index < -0.39 is 11.7 Å². The summed E-state index contributed by atoms with van der Waals surface area (Å²) in [7, 11) is 0. The van der Waals surface area contributed by atoms with E-state index in [2.05, 4.69) is 36.8 Å². The average molecular weight is 415 g/mol. The van der Waals surface area contributed by atoms with Crippen LogP contribution in [0.5, 0.6) is 0 Å². The molecule has 0 radical (unpaired) electrons. The molecule has 1 aliphatic carbocycles. The Morgan fingerprint density at radius 3 is 2.35 bits per heavy atom. The van der Waals surface area contributed by atoms with Crippen LogP contribution in [0.15, 0.2) is 22.7 Å². The van der Waals surface area contributed by atoms with Gasteiger partial charge >= 0.3 is 6.18 Å². The minimum atomic E-state index is -4.30. The van der Waals surface area contributed by atoms with Gasteiger partial charge in [0.15, 0.2) is 0 Å². The van der Waals surface area contributed by atoms with Crippen molar-refractivity contribution in [3.63, 3.8) is 0 Å². The van der Waals surface area contributed by atoms with Gasteiger partial charge in [0, 0.05) is 22.4 Å². The summed E-state index contributed by atoms with van der Waals surface area (Å²) >= 11 is 6.73. The number of hydrogen-bond acceptors (Lipinski definition) is 1. The lowest BCUT2D eigenvalue weighted by Gasteiger charge is -2.31. The van der Waals surface area contributed by atoms with Crippen LogP contribution >= 0.6 is 31.9 Å². The number of hydrogen-bond donors (Lipinski definition) is 0. The van der Waals surface area contributed by atoms with E-state index in [4.69, 9.17) is 0 Å². The standard InChI is InChI=1S/C14H16Br2F3N/c15-7-8-20(11-3-1-2-4-11)13-6-5-10(9-12(13)16)14(17,18)19/h5-6,9,11H,1-4,7-8H2. The first-order valence-electron chi connectivity index (χ1n) is 6.63. The van der Waals surface area contributed by atoms with Gasteiger partial charge in [-0.1, -0.05) is 28.8 Å². The molecule has 6 heteroatoms. The summed E-state index contributed by atoms with van der Waals surface area (Å²) in [5.41, 5.74) is 0.239. The van der Waals surface area contributed by atoms with Crippen LogP contribution < -0.4 is 4.90 Å². The summed E-state index contributed by atoms with van der Waals surface area (Å²) in [4.78, 5) is 2.21. The number of halogens is 5. The summed E-state index contributed by atoms with van der Waals surface area (Å²) < 4.78 is 38.6. The summed E-state index contributed by atoms with van der Waals surface area (Å²) in [6, 6.07) is 4.34. The van der Waals surface area contributed by atoms with Gasteiger partial charge in [-0.05, 0) is 47.0 Å². The second kappa shape index (κ2) is 6.69. The van der Waals surface area contributed by atoms with Gasteiger partial charge in [0.25, 0.3) is 0 Å². The zero-order valence-electron chi connectivity index (χ0n) is 10.9. The lowest BCUT2D eigenvalue weighted by atomic mass is 10.1. The van der Waals surface area contributed by atoms with Gasteiger partial charge in [-0.2, -0.15) is 13.2 Å². The van der Waals surface area contributed by atoms with Gasteiger partial charge in [-0.25, -0.2) is 0 Å². The molecule has 1 nitrogen and oxygen atoms in total. The molecule has 20 heavy (non-hydrogen) atoms. The van der Waals surface area contributed by atoms with Crippen LogP contribution in [0.2, 0.25) is 0 Å². The van der Waals surface area contributed by atoms with E-state index in [1.54, 1.807) is 6.07 Å². The molecule has 0 saturated heterocycles. The van der Waals surface area contributed by atoms with Gasteiger partial charge in [-0.15, -0.1) is 0 Å². The molecule has 1 aromatic carbocycles. The Bertz CT molecular complexity index is 456. The van der Waals surface area contributed by atoms with Crippen LogP contribution in [-0.2, 0) is 6.18 Å². The first kappa shape index (κ1) is 16.1. The van der Waals surface area contributed by atoms with Gasteiger partial charge in [0.05, 0.1) is 11.3 Å². The Hall–Kier alpha value is -0.230. The average Bonchev–Trinajstić information content (AvgIpc) is 2.89. The van der Waals surface area contributed by atoms with Gasteiger partial charge in [0.2, 0.25) is 0 Å². The molecule has 0 heterocycles. The van der Waals surface area contributed by atoms with Crippen molar-refractivity contribution in [2.75, 3.05) is 16.8 Å². The van der Waals surface area contributed by atoms with Crippen molar-refractivity contribution < 1.29 is 13.2 Å². The quantitative estimate of drug-likeness (QED) is 0.578. The zero-order chi connectivity index (χ0) is 14.8. The van der Waals surface area contributed by atoms with E-state index in [1.165, 1.54) is 18.9 Å². The number of rotatable bonds is 4. The summed E-state index contributed by atoms with van der Waals surface area (Å²) in [6.45, 7) is 0.800. The molecule has 0 N–H and O–H groups in total. The smallest absolute Gasteiger partial charge is 0.367 e. The molecule has 0 aliphatic heterocycles. The fourth-order valence-corrected chi connectivity index (χ4v) is 3.71. The number of nitrogens with zero attached hydrogens (tertiary/aromatic N) is 1. The Labute approximate surface area is 133 Å². The van der Waals surface area contributed by atoms with Crippen LogP contribution in [0.1, 0.15) is 31.2 Å². The molecule has 0 unspecified atom stereocenters. The molecule has 1 aromatic rings. The third kappa shape index (κ3) is 3.70. The first-order valence-corrected chi connectivity index (χ1v) is 8.54. The topological polar surface area (TPSA) is 3.24 Å². The number of anilines is 1. The summed E-state index contributed by atoms with van der Waals surface area (Å²) in [6.07, 6.45) is 0.318. The molecular weight excluding hydrogens is 399 g/mol. The van der Waals surface area contributed by atoms with Crippen molar-refractivity contribution >= 4 is 37.5 Å². The normalized spacial score (nSPS) is 16.6. The third-order valence-corrected chi connectivity index (χ3v) is 4.67. The summed E-state index contributed by atoms with van der Waals surface area (Å²) in [5, 5.41) is 0.803. The van der Waals surface area contributed by atoms with Crippen LogP contribution in [-0.4, -0.2) is 17.9 Å². The fraction of sp³-hybridized carbons (Fsp3) is 0.571. The van der Waals surface area contributed by atoms with E-state index in [0.29, 0.717) is 10.5 Å². The Morgan fingerprint density at radius 2 is 1.85 bits per heavy atom. The Morgan fingerprint density at radius 1 is 1.20 bits per heavy atom. The van der Waals surface area contributed by atoms with Crippen LogP contribution in [0.3, 0.4) is 0 Å². The molecule has 112 valence electrons. The molecular formula is C14H16Br2F3N. The number of alkyl halides is 4. The monoisotopic (exact) mass is 413 g/mol. The van der Waals surface area contributed by atoms with Crippen molar-refractivity contribution in [3.8, 4) is 0 Å². The predicted molar refractivity (Wildman–Crippen MR) is 82.5 cm³/mol. The fourth-order valence-electron chi connectivity index (χ4n) is 2.72. The molecule has 0 amide bonds. The van der Waals surface area contributed by atoms with Crippen LogP contribution in [0.4, 0.5) is 18.9 Å². The van der Waals surface area contributed by atoms with E-state index in [0.717, 1.165) is 36.5 Å². The SMILES string of the molecule is FC(F)(F)c1ccc(N(CCBr)C2CCCC2)c(Br)c1. The largest absolute Gasteiger partial charge is 0.416 e. The third-order valence-electron chi connectivity index (χ3n) is 3.68. The van der Waals surface area contributed by atoms with E-state index in [-0.39, 0.29) is 0 Å². The maximum absolute atomic E-state index is 12.7. The zero-order valence-corrected chi connectivity index (χ0v) is 14.1. The van der Waals surface area contributed by atoms with Crippen molar-refractivity contribution in [1.29, 1.82) is 0 Å². The van der Waals surface area contributed by atoms with Gasteiger partial charge in [-0.3, -0.25) is 0 Å². The van der Waals surface area contributed by atoms with Gasteiger partial charge in [0.1, 0.15) is 0 Å². The highest BCUT2D eigenvalue weighted by molar-refractivity contribution is 9.10. The number of benzene rings is 1. The van der Waals surface area contributed by atoms with Crippen molar-refractivity contribution in [3.05, 3.63) is 28.2 Å². The molecule has 1 fully saturated rings. The Kier molecular flexibility index (Phi) is 5.40. The molecule has 0 atom stereocenters. The minimum absolute atomic E-state index is 0.431. The summed E-state index contributed by atoms with van der Waals surface area (Å²) in [5.74, 6) is 0. The van der Waals surface area contributed by atoms with Crippen LogP contribution in [0, 0.1) is 0 Å². The highest BCUT2D eigenvalue weighted by Gasteiger charge is 2.32. The van der Waals surface area contributed by atoms with E-state index in [1.807, 2.05) is 0 Å². The molecule has 0 aromatic heterocycles. The van der Waals surface area contributed by atoms with Crippen molar-refractivity contribution in [2.45, 2.75) is 37.9 Å². The van der Waals surface area contributed by atoms with E-state index >= 15 is 0 Å². The molecule has 0 spiro atoms. The minimum Gasteiger partial charge on any atom is -0.367 e. The molecule has 0 bridgehead atoms. The highest BCUT2D eigenvalue weighted by atomic mass is 79.9. The van der Waals surface area contributed by atoms with Crippen molar-refractivity contribution in [1.82, 2.24) is 0 Å². The van der Waals surface area contributed by atoms with Crippen molar-refractivity contribution in [2.24, 2.45) is 0 Å². The first-order chi connectivity index (χ1) is 9.43. The van der Waals surface area contributed by atoms with Crippen LogP contribution in [0.25, 0.3) is 0 Å². The molecule has 2 rings (SSSR count). The van der Waals surface area contributed by atoms with Gasteiger partial charge < -0.3 is 4.90 Å². The second-order valence-electron chi connectivity index (χ2n) is 4.98. The second-order valence-corrected chi connectivity index (χ2v) is 6.63. The predicted octanol–water partition coefficient (Wildman–Crippen LogP) is 5.61. The highest BCUT2D eigenvalue weighted by Crippen LogP contribution is 2.37.